The fourth-order valence-corrected chi connectivity index (χ4v) is 9.17. The third-order valence-electron chi connectivity index (χ3n) is 2.95. The first kappa shape index (κ1) is 19.1. The van der Waals surface area contributed by atoms with Crippen LogP contribution < -0.4 is 0 Å². The van der Waals surface area contributed by atoms with Gasteiger partial charge in [0.05, 0.1) is 6.29 Å². The van der Waals surface area contributed by atoms with E-state index in [0.717, 1.165) is 19.4 Å². The first-order chi connectivity index (χ1) is 9.29. The highest BCUT2D eigenvalue weighted by atomic mass is 31.2. The van der Waals surface area contributed by atoms with Gasteiger partial charge in [0.2, 0.25) is 15.7 Å². The minimum absolute atomic E-state index is 0.153. The van der Waals surface area contributed by atoms with Crippen molar-refractivity contribution in [3.63, 3.8) is 0 Å². The number of nitrogens with zero attached hydrogens (tertiary/aromatic N) is 1. The van der Waals surface area contributed by atoms with Crippen molar-refractivity contribution >= 4 is 30.0 Å². The summed E-state index contributed by atoms with van der Waals surface area (Å²) in [5.74, 6) is -0.153. The van der Waals surface area contributed by atoms with Crippen LogP contribution in [0.3, 0.4) is 0 Å². The number of carbonyl (C=O) groups is 1. The Morgan fingerprint density at radius 2 is 1.76 bits per heavy atom. The zero-order chi connectivity index (χ0) is 16.5. The van der Waals surface area contributed by atoms with Crippen LogP contribution in [0.15, 0.2) is 0 Å². The molecule has 0 aromatic heterocycles. The highest BCUT2D eigenvalue weighted by Crippen LogP contribution is 2.47. The smallest absolute Gasteiger partial charge is 0.310 e. The predicted octanol–water partition coefficient (Wildman–Crippen LogP) is 3.55. The monoisotopic (exact) mass is 351 g/mol. The van der Waals surface area contributed by atoms with Gasteiger partial charge in [-0.3, -0.25) is 14.3 Å². The number of likely N-dealkylation sites (tertiary alicyclic amines) is 1. The van der Waals surface area contributed by atoms with Gasteiger partial charge in [0.25, 0.3) is 0 Å². The lowest BCUT2D eigenvalue weighted by Crippen LogP contribution is -2.42. The third-order valence-corrected chi connectivity index (χ3v) is 8.37. The molecule has 0 bridgehead atoms. The fourth-order valence-electron chi connectivity index (χ4n) is 2.57. The van der Waals surface area contributed by atoms with E-state index >= 15 is 0 Å². The molecule has 0 spiro atoms. The van der Waals surface area contributed by atoms with Crippen LogP contribution in [0.25, 0.3) is 0 Å². The average molecular weight is 352 g/mol. The van der Waals surface area contributed by atoms with Gasteiger partial charge >= 0.3 is 5.97 Å². The Morgan fingerprint density at radius 3 is 2.24 bits per heavy atom. The Hall–Kier alpha value is 0.0538. The Labute approximate surface area is 131 Å². The Balaban J connectivity index is 2.70. The molecule has 1 rings (SSSR count). The van der Waals surface area contributed by atoms with Crippen LogP contribution in [0.1, 0.15) is 12.8 Å². The van der Waals surface area contributed by atoms with Gasteiger partial charge in [0.15, 0.2) is 8.32 Å². The summed E-state index contributed by atoms with van der Waals surface area (Å²) >= 11 is 0. The van der Waals surface area contributed by atoms with Crippen molar-refractivity contribution < 1.29 is 18.0 Å². The minimum atomic E-state index is -2.70. The first-order valence-corrected chi connectivity index (χ1v) is 16.6. The molecule has 0 unspecified atom stereocenters. The number of carbonyl (C=O) groups excluding carboxylic acids is 1. The molecule has 1 heterocycles. The lowest BCUT2D eigenvalue weighted by Gasteiger charge is -2.31. The van der Waals surface area contributed by atoms with E-state index in [2.05, 4.69) is 0 Å². The van der Waals surface area contributed by atoms with E-state index in [-0.39, 0.29) is 12.0 Å². The maximum atomic E-state index is 12.7. The molecule has 1 aliphatic rings. The molecule has 1 saturated heterocycles. The maximum Gasteiger partial charge on any atom is 0.310 e. The molecule has 2 atom stereocenters. The second kappa shape index (κ2) is 6.66. The van der Waals surface area contributed by atoms with Gasteiger partial charge < -0.3 is 8.64 Å². The van der Waals surface area contributed by atoms with Gasteiger partial charge in [-0.05, 0) is 58.7 Å². The normalized spacial score (nSPS) is 23.9. The SMILES string of the molecule is C[Si](C)(C)OC(=O)[C@H]1CCCN1C[P@](C)(=O)O[Si](C)(C)C. The minimum Gasteiger partial charge on any atom is -0.519 e. The zero-order valence-electron chi connectivity index (χ0n) is 14.4. The van der Waals surface area contributed by atoms with Crippen LogP contribution in [0.2, 0.25) is 39.3 Å². The molecular formula is C13H30NO4PSi2. The van der Waals surface area contributed by atoms with Crippen molar-refractivity contribution in [2.24, 2.45) is 0 Å². The highest BCUT2D eigenvalue weighted by Gasteiger charge is 2.38. The van der Waals surface area contributed by atoms with Gasteiger partial charge in [-0.2, -0.15) is 0 Å². The van der Waals surface area contributed by atoms with Crippen molar-refractivity contribution in [3.8, 4) is 0 Å². The molecule has 5 nitrogen and oxygen atoms in total. The van der Waals surface area contributed by atoms with Crippen LogP contribution in [-0.4, -0.2) is 53.0 Å². The number of hydrogen-bond acceptors (Lipinski definition) is 5. The largest absolute Gasteiger partial charge is 0.519 e. The van der Waals surface area contributed by atoms with Crippen LogP contribution in [-0.2, 0) is 18.0 Å². The molecule has 0 amide bonds. The summed E-state index contributed by atoms with van der Waals surface area (Å²) in [5, 5.41) is 0. The molecule has 1 aliphatic heterocycles. The van der Waals surface area contributed by atoms with Gasteiger partial charge in [-0.1, -0.05) is 0 Å². The highest BCUT2D eigenvalue weighted by molar-refractivity contribution is 7.59. The first-order valence-electron chi connectivity index (χ1n) is 7.53. The average Bonchev–Trinajstić information content (AvgIpc) is 2.57. The van der Waals surface area contributed by atoms with Crippen molar-refractivity contribution in [3.05, 3.63) is 0 Å². The molecule has 8 heteroatoms. The molecule has 0 aromatic carbocycles. The van der Waals surface area contributed by atoms with E-state index in [9.17, 15) is 9.36 Å². The van der Waals surface area contributed by atoms with Crippen LogP contribution >= 0.6 is 7.37 Å². The Kier molecular flexibility index (Phi) is 6.06. The Bertz CT molecular complexity index is 431. The standard InChI is InChI=1S/C13H30NO4PSi2/c1-19(16,18-21(5,6)7)11-14-10-8-9-12(14)13(15)17-20(2,3)4/h12H,8-11H2,1-7H3/t12-,19-/m1/s1. The van der Waals surface area contributed by atoms with Crippen LogP contribution in [0, 0.1) is 0 Å². The van der Waals surface area contributed by atoms with E-state index in [1.54, 1.807) is 6.66 Å². The third kappa shape index (κ3) is 7.24. The second-order valence-electron chi connectivity index (χ2n) is 7.86. The Morgan fingerprint density at radius 1 is 1.19 bits per heavy atom. The summed E-state index contributed by atoms with van der Waals surface area (Å²) in [5.41, 5.74) is 0. The summed E-state index contributed by atoms with van der Waals surface area (Å²) in [6, 6.07) is -0.254. The molecule has 1 fully saturated rings. The molecule has 0 saturated carbocycles. The van der Waals surface area contributed by atoms with Gasteiger partial charge in [0.1, 0.15) is 6.04 Å². The fraction of sp³-hybridized carbons (Fsp3) is 0.923. The molecule has 0 N–H and O–H groups in total. The summed E-state index contributed by atoms with van der Waals surface area (Å²) in [7, 11) is -6.44. The summed E-state index contributed by atoms with van der Waals surface area (Å²) in [4.78, 5) is 14.3. The molecular weight excluding hydrogens is 321 g/mol. The maximum absolute atomic E-state index is 12.7. The molecule has 0 radical (unpaired) electrons. The van der Waals surface area contributed by atoms with Crippen molar-refractivity contribution in [2.45, 2.75) is 58.2 Å². The summed E-state index contributed by atoms with van der Waals surface area (Å²) < 4.78 is 24.1. The van der Waals surface area contributed by atoms with E-state index in [0.29, 0.717) is 6.29 Å². The molecule has 21 heavy (non-hydrogen) atoms. The van der Waals surface area contributed by atoms with Crippen molar-refractivity contribution in [1.29, 1.82) is 0 Å². The predicted molar refractivity (Wildman–Crippen MR) is 92.0 cm³/mol. The molecule has 0 aliphatic carbocycles. The number of rotatable bonds is 6. The summed E-state index contributed by atoms with van der Waals surface area (Å²) in [6.07, 6.45) is 2.08. The topological polar surface area (TPSA) is 55.8 Å². The summed E-state index contributed by atoms with van der Waals surface area (Å²) in [6.45, 7) is 14.6. The van der Waals surface area contributed by atoms with E-state index in [1.807, 2.05) is 44.2 Å². The van der Waals surface area contributed by atoms with E-state index in [4.69, 9.17) is 8.64 Å². The van der Waals surface area contributed by atoms with Gasteiger partial charge in [0, 0.05) is 6.66 Å². The lowest BCUT2D eigenvalue weighted by atomic mass is 10.2. The molecule has 0 aromatic rings. The van der Waals surface area contributed by atoms with Crippen molar-refractivity contribution in [2.75, 3.05) is 19.5 Å². The van der Waals surface area contributed by atoms with Crippen LogP contribution in [0.4, 0.5) is 0 Å². The van der Waals surface area contributed by atoms with E-state index in [1.165, 1.54) is 0 Å². The molecule has 124 valence electrons. The van der Waals surface area contributed by atoms with Gasteiger partial charge in [-0.15, -0.1) is 0 Å². The lowest BCUT2D eigenvalue weighted by molar-refractivity contribution is -0.139. The van der Waals surface area contributed by atoms with Crippen molar-refractivity contribution in [1.82, 2.24) is 4.90 Å². The second-order valence-corrected chi connectivity index (χ2v) is 19.6. The zero-order valence-corrected chi connectivity index (χ0v) is 17.3. The quantitative estimate of drug-likeness (QED) is 0.541. The van der Waals surface area contributed by atoms with E-state index < -0.39 is 24.0 Å². The van der Waals surface area contributed by atoms with Crippen LogP contribution in [0.5, 0.6) is 0 Å². The van der Waals surface area contributed by atoms with Gasteiger partial charge in [-0.25, -0.2) is 0 Å². The number of hydrogen-bond donors (Lipinski definition) is 0.